The molecule has 0 aromatic heterocycles. The Bertz CT molecular complexity index is 507. The van der Waals surface area contributed by atoms with Crippen LogP contribution in [0.4, 0.5) is 4.39 Å². The van der Waals surface area contributed by atoms with Crippen LogP contribution < -0.4 is 9.47 Å². The minimum atomic E-state index is -1.66. The van der Waals surface area contributed by atoms with Crippen LogP contribution in [0, 0.1) is 5.82 Å². The summed E-state index contributed by atoms with van der Waals surface area (Å²) in [6.45, 7) is 0. The van der Waals surface area contributed by atoms with Gasteiger partial charge in [0.05, 0.1) is 18.8 Å². The first-order chi connectivity index (χ1) is 8.52. The predicted octanol–water partition coefficient (Wildman–Crippen LogP) is 1.64. The van der Waals surface area contributed by atoms with Crippen LogP contribution >= 0.6 is 0 Å². The maximum Gasteiger partial charge on any atom is 0.377 e. The summed E-state index contributed by atoms with van der Waals surface area (Å²) in [7, 11) is 1.30. The van der Waals surface area contributed by atoms with Crippen molar-refractivity contribution >= 4 is 11.8 Å². The lowest BCUT2D eigenvalue weighted by Crippen LogP contribution is -2.15. The Morgan fingerprint density at radius 1 is 1.39 bits per heavy atom. The summed E-state index contributed by atoms with van der Waals surface area (Å²) in [6.07, 6.45) is 1.58. The number of methoxy groups -OCH3 is 1. The molecule has 1 aliphatic carbocycles. The van der Waals surface area contributed by atoms with Crippen molar-refractivity contribution < 1.29 is 28.6 Å². The maximum absolute atomic E-state index is 13.3. The topological polar surface area (TPSA) is 72.8 Å². The molecule has 0 heterocycles. The highest BCUT2D eigenvalue weighted by Gasteiger charge is 2.30. The highest BCUT2D eigenvalue weighted by atomic mass is 19.1. The Hall–Kier alpha value is -2.11. The number of carboxylic acids is 1. The van der Waals surface area contributed by atoms with Crippen LogP contribution in [0.5, 0.6) is 11.5 Å². The lowest BCUT2D eigenvalue weighted by atomic mass is 10.1. The molecular formula is C12H11FO5. The third kappa shape index (κ3) is 2.42. The van der Waals surface area contributed by atoms with E-state index in [-0.39, 0.29) is 23.2 Å². The first kappa shape index (κ1) is 12.3. The largest absolute Gasteiger partial charge is 0.493 e. The Kier molecular flexibility index (Phi) is 3.18. The van der Waals surface area contributed by atoms with Gasteiger partial charge in [-0.3, -0.25) is 4.79 Å². The van der Waals surface area contributed by atoms with Crippen molar-refractivity contribution in [3.63, 3.8) is 0 Å². The summed E-state index contributed by atoms with van der Waals surface area (Å²) >= 11 is 0. The van der Waals surface area contributed by atoms with Crippen molar-refractivity contribution in [1.82, 2.24) is 0 Å². The Balaban J connectivity index is 2.49. The second-order valence-electron chi connectivity index (χ2n) is 3.94. The van der Waals surface area contributed by atoms with Gasteiger partial charge in [0.2, 0.25) is 0 Å². The lowest BCUT2D eigenvalue weighted by Gasteiger charge is -2.13. The van der Waals surface area contributed by atoms with Crippen LogP contribution in [0.3, 0.4) is 0 Å². The van der Waals surface area contributed by atoms with Gasteiger partial charge in [0.1, 0.15) is 5.82 Å². The normalized spacial score (nSPS) is 14.1. The molecule has 0 atom stereocenters. The van der Waals surface area contributed by atoms with Crippen molar-refractivity contribution in [3.05, 3.63) is 23.5 Å². The molecule has 0 radical (unpaired) electrons. The number of hydrogen-bond acceptors (Lipinski definition) is 4. The maximum atomic E-state index is 13.3. The van der Waals surface area contributed by atoms with Crippen LogP contribution in [-0.2, 0) is 4.79 Å². The SMILES string of the molecule is COc1cc(F)cc(C(=O)C(=O)O)c1OC1CC1. The Morgan fingerprint density at radius 3 is 2.56 bits per heavy atom. The van der Waals surface area contributed by atoms with E-state index in [4.69, 9.17) is 14.6 Å². The third-order valence-electron chi connectivity index (χ3n) is 2.49. The number of carbonyl (C=O) groups excluding carboxylic acids is 1. The molecule has 0 unspecified atom stereocenters. The zero-order valence-electron chi connectivity index (χ0n) is 9.60. The zero-order valence-corrected chi connectivity index (χ0v) is 9.60. The van der Waals surface area contributed by atoms with E-state index in [1.54, 1.807) is 0 Å². The molecular weight excluding hydrogens is 243 g/mol. The van der Waals surface area contributed by atoms with E-state index in [0.29, 0.717) is 0 Å². The molecule has 0 aliphatic heterocycles. The molecule has 0 amide bonds. The van der Waals surface area contributed by atoms with Gasteiger partial charge in [0.15, 0.2) is 11.5 Å². The summed E-state index contributed by atoms with van der Waals surface area (Å²) in [5.74, 6) is -3.62. The molecule has 1 aromatic rings. The molecule has 6 heteroatoms. The van der Waals surface area contributed by atoms with Gasteiger partial charge in [-0.2, -0.15) is 0 Å². The van der Waals surface area contributed by atoms with Crippen molar-refractivity contribution in [2.24, 2.45) is 0 Å². The molecule has 1 N–H and O–H groups in total. The average molecular weight is 254 g/mol. The number of Topliss-reactive ketones (excluding diaryl/α,β-unsaturated/α-hetero) is 1. The number of hydrogen-bond donors (Lipinski definition) is 1. The van der Waals surface area contributed by atoms with Crippen LogP contribution in [0.25, 0.3) is 0 Å². The minimum absolute atomic E-state index is 0.00574. The van der Waals surface area contributed by atoms with Gasteiger partial charge >= 0.3 is 5.97 Å². The molecule has 1 fully saturated rings. The zero-order chi connectivity index (χ0) is 13.3. The monoisotopic (exact) mass is 254 g/mol. The number of benzene rings is 1. The highest BCUT2D eigenvalue weighted by Crippen LogP contribution is 2.37. The number of rotatable bonds is 5. The van der Waals surface area contributed by atoms with E-state index in [1.807, 2.05) is 0 Å². The predicted molar refractivity (Wildman–Crippen MR) is 58.6 cm³/mol. The van der Waals surface area contributed by atoms with Gasteiger partial charge < -0.3 is 14.6 Å². The summed E-state index contributed by atoms with van der Waals surface area (Å²) in [5, 5.41) is 8.70. The van der Waals surface area contributed by atoms with Crippen LogP contribution in [0.1, 0.15) is 23.2 Å². The molecule has 5 nitrogen and oxygen atoms in total. The van der Waals surface area contributed by atoms with E-state index in [1.165, 1.54) is 7.11 Å². The standard InChI is InChI=1S/C12H11FO5/c1-17-9-5-6(13)4-8(10(14)12(15)16)11(9)18-7-2-3-7/h4-5,7H,2-3H2,1H3,(H,15,16). The fraction of sp³-hybridized carbons (Fsp3) is 0.333. The molecule has 18 heavy (non-hydrogen) atoms. The van der Waals surface area contributed by atoms with Gasteiger partial charge in [-0.15, -0.1) is 0 Å². The van der Waals surface area contributed by atoms with Crippen LogP contribution in [-0.4, -0.2) is 30.1 Å². The van der Waals surface area contributed by atoms with Gasteiger partial charge in [0.25, 0.3) is 5.78 Å². The molecule has 0 spiro atoms. The molecule has 1 aromatic carbocycles. The first-order valence-corrected chi connectivity index (χ1v) is 5.34. The van der Waals surface area contributed by atoms with E-state index >= 15 is 0 Å². The molecule has 2 rings (SSSR count). The minimum Gasteiger partial charge on any atom is -0.493 e. The van der Waals surface area contributed by atoms with E-state index in [0.717, 1.165) is 25.0 Å². The van der Waals surface area contributed by atoms with Crippen LogP contribution in [0.15, 0.2) is 12.1 Å². The second-order valence-corrected chi connectivity index (χ2v) is 3.94. The number of ether oxygens (including phenoxy) is 2. The van der Waals surface area contributed by atoms with Crippen molar-refractivity contribution in [2.75, 3.05) is 7.11 Å². The number of carbonyl (C=O) groups is 2. The second kappa shape index (κ2) is 4.64. The fourth-order valence-corrected chi connectivity index (χ4v) is 1.48. The Labute approximate surface area is 102 Å². The summed E-state index contributed by atoms with van der Waals surface area (Å²) in [6, 6.07) is 1.90. The quantitative estimate of drug-likeness (QED) is 0.638. The van der Waals surface area contributed by atoms with Gasteiger partial charge in [0, 0.05) is 6.07 Å². The number of carboxylic acid groups (broad SMARTS) is 1. The number of aliphatic carboxylic acids is 1. The molecule has 1 aliphatic rings. The lowest BCUT2D eigenvalue weighted by molar-refractivity contribution is -0.131. The molecule has 0 bridgehead atoms. The fourth-order valence-electron chi connectivity index (χ4n) is 1.48. The third-order valence-corrected chi connectivity index (χ3v) is 2.49. The van der Waals surface area contributed by atoms with Gasteiger partial charge in [-0.1, -0.05) is 0 Å². The number of ketones is 1. The van der Waals surface area contributed by atoms with Gasteiger partial charge in [-0.05, 0) is 18.9 Å². The first-order valence-electron chi connectivity index (χ1n) is 5.34. The Morgan fingerprint density at radius 2 is 2.06 bits per heavy atom. The van der Waals surface area contributed by atoms with Crippen molar-refractivity contribution in [1.29, 1.82) is 0 Å². The van der Waals surface area contributed by atoms with Crippen molar-refractivity contribution in [3.8, 4) is 11.5 Å². The number of halogens is 1. The van der Waals surface area contributed by atoms with Crippen LogP contribution in [0.2, 0.25) is 0 Å². The molecule has 0 saturated heterocycles. The summed E-state index contributed by atoms with van der Waals surface area (Å²) < 4.78 is 23.6. The van der Waals surface area contributed by atoms with Gasteiger partial charge in [-0.25, -0.2) is 9.18 Å². The van der Waals surface area contributed by atoms with E-state index < -0.39 is 17.6 Å². The highest BCUT2D eigenvalue weighted by molar-refractivity contribution is 6.40. The summed E-state index contributed by atoms with van der Waals surface area (Å²) in [5.41, 5.74) is -0.328. The smallest absolute Gasteiger partial charge is 0.377 e. The van der Waals surface area contributed by atoms with E-state index in [9.17, 15) is 14.0 Å². The molecule has 96 valence electrons. The average Bonchev–Trinajstić information content (AvgIpc) is 3.13. The van der Waals surface area contributed by atoms with E-state index in [2.05, 4.69) is 0 Å². The summed E-state index contributed by atoms with van der Waals surface area (Å²) in [4.78, 5) is 22.2. The molecule has 1 saturated carbocycles. The van der Waals surface area contributed by atoms with Crippen molar-refractivity contribution in [2.45, 2.75) is 18.9 Å².